The number of H-pyrrole nitrogens is 2. The molecule has 6 heterocycles. The van der Waals surface area contributed by atoms with E-state index in [9.17, 15) is 19.2 Å². The Kier molecular flexibility index (Phi) is 13.9. The van der Waals surface area contributed by atoms with Crippen LogP contribution >= 0.6 is 0 Å². The number of hydrogen-bond acceptors (Lipinski definition) is 12. The molecule has 2 aromatic heterocycles. The average Bonchev–Trinajstić information content (AvgIpc) is 4.09. The van der Waals surface area contributed by atoms with E-state index in [0.717, 1.165) is 44.4 Å². The Bertz CT molecular complexity index is 2500. The highest BCUT2D eigenvalue weighted by atomic mass is 16.5. The molecule has 4 fully saturated rings. The number of aromatic amines is 2. The van der Waals surface area contributed by atoms with Crippen LogP contribution in [0, 0.1) is 11.8 Å². The Morgan fingerprint density at radius 2 is 1.00 bits per heavy atom. The van der Waals surface area contributed by atoms with E-state index < -0.39 is 36.4 Å². The van der Waals surface area contributed by atoms with Crippen LogP contribution in [0.1, 0.15) is 49.4 Å². The van der Waals surface area contributed by atoms with Gasteiger partial charge < -0.3 is 58.8 Å². The highest BCUT2D eigenvalue weighted by Crippen LogP contribution is 2.33. The van der Waals surface area contributed by atoms with E-state index in [1.165, 1.54) is 14.2 Å². The lowest BCUT2D eigenvalue weighted by molar-refractivity contribution is -0.145. The van der Waals surface area contributed by atoms with Gasteiger partial charge in [-0.25, -0.2) is 19.6 Å². The smallest absolute Gasteiger partial charge is 0.407 e. The summed E-state index contributed by atoms with van der Waals surface area (Å²) in [6.45, 7) is 4.17. The lowest BCUT2D eigenvalue weighted by atomic mass is 9.90. The number of rotatable bonds is 11. The first kappa shape index (κ1) is 44.8. The fourth-order valence-electron chi connectivity index (χ4n) is 9.51. The molecule has 5 aromatic rings. The third-order valence-electron chi connectivity index (χ3n) is 13.2. The fraction of sp³-hybridized carbons (Fsp3) is 0.458. The number of ether oxygens (including phenoxy) is 6. The van der Waals surface area contributed by atoms with Gasteiger partial charge in [-0.2, -0.15) is 0 Å². The van der Waals surface area contributed by atoms with Gasteiger partial charge in [-0.15, -0.1) is 0 Å². The minimum atomic E-state index is -0.751. The molecule has 4 N–H and O–H groups in total. The maximum absolute atomic E-state index is 14.1. The van der Waals surface area contributed by atoms with Crippen molar-refractivity contribution in [3.8, 4) is 33.6 Å². The van der Waals surface area contributed by atoms with Gasteiger partial charge in [0.15, 0.2) is 0 Å². The first-order valence-corrected chi connectivity index (χ1v) is 22.6. The van der Waals surface area contributed by atoms with Gasteiger partial charge in [0, 0.05) is 63.0 Å². The third-order valence-corrected chi connectivity index (χ3v) is 13.2. The molecule has 18 heteroatoms. The summed E-state index contributed by atoms with van der Waals surface area (Å²) in [5.74, 6) is 0.680. The predicted molar refractivity (Wildman–Crippen MR) is 241 cm³/mol. The number of aromatic nitrogens is 4. The van der Waals surface area contributed by atoms with Crippen molar-refractivity contribution in [1.82, 2.24) is 40.4 Å². The second-order valence-electron chi connectivity index (χ2n) is 17.1. The number of methoxy groups -OCH3 is 2. The van der Waals surface area contributed by atoms with Crippen molar-refractivity contribution in [3.05, 3.63) is 84.7 Å². The Hall–Kier alpha value is -6.34. The zero-order valence-corrected chi connectivity index (χ0v) is 37.2. The monoisotopic (exact) mass is 904 g/mol. The molecular formula is C48H56N8O10. The number of hydrogen-bond donors (Lipinski definition) is 4. The Labute approximate surface area is 382 Å². The standard InChI is InChI=1S/C48H56N8O10/c1-61-47(59)53-41(31-11-17-63-18-12-31)45(57)55-15-21-65-27-39(55)43-49-25-37(51-43)30-5-3-29(4-6-30)33-7-8-35-24-36(10-9-34(35)23-33)38-26-50-44(52-38)40-28-66-22-16-56(40)46(58)42(54-48(60)62-2)32-13-19-64-20-14-32/h3-10,23-26,31-32,39-42H,11-22,27-28H2,1-2H3,(H,49,51)(H,50,52)(H,53,59)(H,54,60)/t39-,40-,41-,42-/m0/s1. The van der Waals surface area contributed by atoms with Crippen LogP contribution in [0.3, 0.4) is 0 Å². The molecule has 0 aliphatic carbocycles. The maximum atomic E-state index is 14.1. The molecule has 4 amide bonds. The van der Waals surface area contributed by atoms with Gasteiger partial charge in [0.1, 0.15) is 35.8 Å². The molecule has 0 saturated carbocycles. The van der Waals surface area contributed by atoms with Crippen molar-refractivity contribution in [1.29, 1.82) is 0 Å². The molecule has 4 saturated heterocycles. The number of carbonyl (C=O) groups excluding carboxylic acids is 4. The molecule has 4 aliphatic heterocycles. The highest BCUT2D eigenvalue weighted by Gasteiger charge is 2.41. The molecule has 9 rings (SSSR count). The molecule has 0 unspecified atom stereocenters. The van der Waals surface area contributed by atoms with Crippen molar-refractivity contribution in [2.24, 2.45) is 11.8 Å². The van der Waals surface area contributed by atoms with Crippen LogP contribution in [-0.2, 0) is 38.0 Å². The topological polar surface area (TPSA) is 212 Å². The van der Waals surface area contributed by atoms with Gasteiger partial charge in [-0.1, -0.05) is 48.5 Å². The summed E-state index contributed by atoms with van der Waals surface area (Å²) in [5, 5.41) is 7.71. The molecule has 3 aromatic carbocycles. The van der Waals surface area contributed by atoms with Gasteiger partial charge in [0.05, 0.1) is 52.0 Å². The first-order chi connectivity index (χ1) is 32.3. The van der Waals surface area contributed by atoms with Crippen LogP contribution in [0.2, 0.25) is 0 Å². The number of amides is 4. The molecule has 348 valence electrons. The van der Waals surface area contributed by atoms with Crippen molar-refractivity contribution >= 4 is 34.8 Å². The molecule has 0 spiro atoms. The SMILES string of the molecule is COC(=O)N[C@H](C(=O)N1CCOC[C@H]1c1nc(-c2ccc(-c3ccc4cc(-c5c[nH]c([C@@H]6COCCN6C(=O)[C@@H](NC(=O)OC)C6CCOCC6)n5)ccc4c3)cc2)c[nH]1)C1CCOCC1. The van der Waals surface area contributed by atoms with Gasteiger partial charge in [0.25, 0.3) is 0 Å². The molecule has 4 aliphatic rings. The van der Waals surface area contributed by atoms with Gasteiger partial charge in [-0.3, -0.25) is 9.59 Å². The van der Waals surface area contributed by atoms with E-state index in [1.807, 2.05) is 30.6 Å². The highest BCUT2D eigenvalue weighted by molar-refractivity contribution is 5.91. The second-order valence-corrected chi connectivity index (χ2v) is 17.1. The average molecular weight is 905 g/mol. The number of nitrogens with one attached hydrogen (secondary N) is 4. The van der Waals surface area contributed by atoms with Crippen LogP contribution < -0.4 is 10.6 Å². The van der Waals surface area contributed by atoms with E-state index in [1.54, 1.807) is 9.80 Å². The van der Waals surface area contributed by atoms with Crippen LogP contribution in [0.25, 0.3) is 44.4 Å². The van der Waals surface area contributed by atoms with Gasteiger partial charge in [-0.05, 0) is 71.6 Å². The van der Waals surface area contributed by atoms with E-state index >= 15 is 0 Å². The van der Waals surface area contributed by atoms with Crippen LogP contribution in [0.5, 0.6) is 0 Å². The summed E-state index contributed by atoms with van der Waals surface area (Å²) in [5.41, 5.74) is 5.41. The summed E-state index contributed by atoms with van der Waals surface area (Å²) < 4.78 is 32.5. The van der Waals surface area contributed by atoms with Crippen molar-refractivity contribution in [2.75, 3.05) is 80.2 Å². The zero-order chi connectivity index (χ0) is 45.6. The fourth-order valence-corrected chi connectivity index (χ4v) is 9.51. The van der Waals surface area contributed by atoms with Crippen LogP contribution in [-0.4, -0.2) is 146 Å². The quantitative estimate of drug-likeness (QED) is 0.132. The molecule has 18 nitrogen and oxygen atoms in total. The Morgan fingerprint density at radius 1 is 0.576 bits per heavy atom. The summed E-state index contributed by atoms with van der Waals surface area (Å²) in [6.07, 6.45) is 5.04. The normalized spacial score (nSPS) is 20.6. The summed E-state index contributed by atoms with van der Waals surface area (Å²) in [6, 6.07) is 18.4. The van der Waals surface area contributed by atoms with Gasteiger partial charge in [0.2, 0.25) is 11.8 Å². The zero-order valence-electron chi connectivity index (χ0n) is 37.2. The van der Waals surface area contributed by atoms with Crippen molar-refractivity contribution in [3.63, 3.8) is 0 Å². The van der Waals surface area contributed by atoms with Crippen LogP contribution in [0.15, 0.2) is 73.1 Å². The lowest BCUT2D eigenvalue weighted by Gasteiger charge is -2.39. The Morgan fingerprint density at radius 3 is 1.48 bits per heavy atom. The maximum Gasteiger partial charge on any atom is 0.407 e. The molecule has 4 atom stereocenters. The molecule has 0 radical (unpaired) electrons. The van der Waals surface area contributed by atoms with Crippen molar-refractivity contribution in [2.45, 2.75) is 49.9 Å². The van der Waals surface area contributed by atoms with E-state index in [-0.39, 0.29) is 36.9 Å². The minimum Gasteiger partial charge on any atom is -0.453 e. The number of imidazole rings is 2. The molecule has 66 heavy (non-hydrogen) atoms. The number of nitrogens with zero attached hydrogens (tertiary/aromatic N) is 4. The first-order valence-electron chi connectivity index (χ1n) is 22.6. The lowest BCUT2D eigenvalue weighted by Crippen LogP contribution is -2.56. The third kappa shape index (κ3) is 9.77. The van der Waals surface area contributed by atoms with E-state index in [0.29, 0.717) is 90.1 Å². The number of alkyl carbamates (subject to hydrolysis) is 2. The summed E-state index contributed by atoms with van der Waals surface area (Å²) >= 11 is 0. The minimum absolute atomic E-state index is 0.0762. The Balaban J connectivity index is 0.874. The second kappa shape index (κ2) is 20.4. The number of fused-ring (bicyclic) bond motifs is 1. The number of morpholine rings is 2. The van der Waals surface area contributed by atoms with Crippen LogP contribution in [0.4, 0.5) is 9.59 Å². The number of benzene rings is 3. The summed E-state index contributed by atoms with van der Waals surface area (Å²) in [7, 11) is 2.59. The largest absolute Gasteiger partial charge is 0.453 e. The number of carbonyl (C=O) groups is 4. The molecular weight excluding hydrogens is 849 g/mol. The van der Waals surface area contributed by atoms with E-state index in [4.69, 9.17) is 38.4 Å². The molecule has 0 bridgehead atoms. The van der Waals surface area contributed by atoms with Gasteiger partial charge >= 0.3 is 12.2 Å². The van der Waals surface area contributed by atoms with Crippen molar-refractivity contribution < 1.29 is 47.6 Å². The predicted octanol–water partition coefficient (Wildman–Crippen LogP) is 5.39. The summed E-state index contributed by atoms with van der Waals surface area (Å²) in [4.78, 5) is 72.9. The van der Waals surface area contributed by atoms with E-state index in [2.05, 4.69) is 63.1 Å².